The molecule has 0 heterocycles. The van der Waals surface area contributed by atoms with Crippen LogP contribution >= 0.6 is 0 Å². The Bertz CT molecular complexity index is 1090. The largest absolute Gasteiger partial charge is 0.481 e. The molecule has 0 aromatic rings. The zero-order valence-corrected chi connectivity index (χ0v) is 31.8. The average molecular weight is 764 g/mol. The summed E-state index contributed by atoms with van der Waals surface area (Å²) in [6, 6.07) is -0.421. The summed E-state index contributed by atoms with van der Waals surface area (Å²) in [5, 5.41) is 68.2. The van der Waals surface area contributed by atoms with E-state index < -0.39 is 129 Å². The molecule has 0 amide bonds. The monoisotopic (exact) mass is 763 g/mol. The lowest BCUT2D eigenvalue weighted by Gasteiger charge is -2.34. The maximum atomic E-state index is 13.3. The summed E-state index contributed by atoms with van der Waals surface area (Å²) in [5.74, 6) is -9.84. The third kappa shape index (κ3) is 24.6. The SMILES string of the molecule is CCCCC(C)C(OC(=O)CC(CC(=O)O)CC(=O)O)C(CC(C)CC(O)CCCCC(O)CC(O)C(N)CC)OC(=O)CC(CC(=O)O)CC(=O)O. The summed E-state index contributed by atoms with van der Waals surface area (Å²) in [5.41, 5.74) is 5.82. The molecule has 0 aromatic carbocycles. The topological polar surface area (TPSA) is 289 Å². The molecule has 8 unspecified atom stereocenters. The van der Waals surface area contributed by atoms with Gasteiger partial charge in [-0.25, -0.2) is 0 Å². The van der Waals surface area contributed by atoms with E-state index in [0.717, 1.165) is 6.42 Å². The second-order valence-corrected chi connectivity index (χ2v) is 14.7. The third-order valence-electron chi connectivity index (χ3n) is 9.37. The highest BCUT2D eigenvalue weighted by Crippen LogP contribution is 2.29. The predicted molar refractivity (Wildman–Crippen MR) is 191 cm³/mol. The van der Waals surface area contributed by atoms with E-state index in [1.54, 1.807) is 13.8 Å². The highest BCUT2D eigenvalue weighted by molar-refractivity contribution is 5.76. The van der Waals surface area contributed by atoms with E-state index in [-0.39, 0.29) is 25.2 Å². The van der Waals surface area contributed by atoms with Crippen molar-refractivity contribution in [3.05, 3.63) is 0 Å². The van der Waals surface area contributed by atoms with Gasteiger partial charge in [0.25, 0.3) is 0 Å². The van der Waals surface area contributed by atoms with Gasteiger partial charge >= 0.3 is 35.8 Å². The Morgan fingerprint density at radius 2 is 1.02 bits per heavy atom. The summed E-state index contributed by atoms with van der Waals surface area (Å²) in [7, 11) is 0. The van der Waals surface area contributed by atoms with E-state index in [1.165, 1.54) is 0 Å². The number of carboxylic acid groups (broad SMARTS) is 4. The van der Waals surface area contributed by atoms with E-state index in [9.17, 15) is 64.5 Å². The van der Waals surface area contributed by atoms with Gasteiger partial charge in [-0.05, 0) is 62.2 Å². The molecule has 0 aliphatic carbocycles. The van der Waals surface area contributed by atoms with E-state index in [4.69, 9.17) is 15.2 Å². The van der Waals surface area contributed by atoms with Crippen LogP contribution in [0.4, 0.5) is 0 Å². The van der Waals surface area contributed by atoms with Crippen LogP contribution in [0.3, 0.4) is 0 Å². The predicted octanol–water partition coefficient (Wildman–Crippen LogP) is 3.73. The van der Waals surface area contributed by atoms with Crippen LogP contribution in [0.15, 0.2) is 0 Å². The van der Waals surface area contributed by atoms with Crippen molar-refractivity contribution in [2.24, 2.45) is 29.4 Å². The molecule has 16 heteroatoms. The fraction of sp³-hybridized carbons (Fsp3) is 0.838. The van der Waals surface area contributed by atoms with Gasteiger partial charge in [-0.1, -0.05) is 53.4 Å². The number of carbonyl (C=O) groups is 6. The van der Waals surface area contributed by atoms with Gasteiger partial charge in [-0.3, -0.25) is 28.8 Å². The van der Waals surface area contributed by atoms with Crippen LogP contribution in [0, 0.1) is 23.7 Å². The molecule has 16 nitrogen and oxygen atoms in total. The van der Waals surface area contributed by atoms with Crippen molar-refractivity contribution in [3.8, 4) is 0 Å². The van der Waals surface area contributed by atoms with Gasteiger partial charge in [-0.2, -0.15) is 0 Å². The van der Waals surface area contributed by atoms with Crippen LogP contribution in [-0.2, 0) is 38.2 Å². The highest BCUT2D eigenvalue weighted by Gasteiger charge is 2.36. The first kappa shape index (κ1) is 49.7. The number of esters is 2. The van der Waals surface area contributed by atoms with E-state index >= 15 is 0 Å². The van der Waals surface area contributed by atoms with Crippen molar-refractivity contribution in [2.45, 2.75) is 173 Å². The van der Waals surface area contributed by atoms with Crippen LogP contribution < -0.4 is 5.73 Å². The van der Waals surface area contributed by atoms with E-state index in [2.05, 4.69) is 0 Å². The van der Waals surface area contributed by atoms with Crippen molar-refractivity contribution >= 4 is 35.8 Å². The van der Waals surface area contributed by atoms with Crippen LogP contribution in [-0.4, -0.2) is 108 Å². The molecule has 0 aliphatic rings. The number of aliphatic carboxylic acids is 4. The Hall–Kier alpha value is -3.34. The second-order valence-electron chi connectivity index (χ2n) is 14.7. The molecule has 0 bridgehead atoms. The molecule has 53 heavy (non-hydrogen) atoms. The van der Waals surface area contributed by atoms with Crippen LogP contribution in [0.25, 0.3) is 0 Å². The Kier molecular flexibility index (Phi) is 25.6. The Morgan fingerprint density at radius 3 is 1.43 bits per heavy atom. The van der Waals surface area contributed by atoms with E-state index in [1.807, 2.05) is 13.8 Å². The van der Waals surface area contributed by atoms with Gasteiger partial charge in [0.1, 0.15) is 12.2 Å². The molecule has 0 saturated carbocycles. The van der Waals surface area contributed by atoms with E-state index in [0.29, 0.717) is 44.9 Å². The lowest BCUT2D eigenvalue weighted by molar-refractivity contribution is -0.176. The van der Waals surface area contributed by atoms with Gasteiger partial charge in [0.2, 0.25) is 0 Å². The van der Waals surface area contributed by atoms with Crippen molar-refractivity contribution < 1.29 is 74.0 Å². The molecule has 308 valence electrons. The standard InChI is InChI=1S/C37H65NO15/c1-5-7-10-23(4)37(53-36(51)20-25(17-33(46)47)18-34(48)49)30(52-35(50)19-24(15-31(42)43)16-32(44)45)14-22(3)13-26(39)11-8-9-12-27(40)21-29(41)28(38)6-2/h22-30,37,39-41H,5-21,38H2,1-4H3,(H,42,43)(H,44,45)(H,46,47)(H,48,49). The summed E-state index contributed by atoms with van der Waals surface area (Å²) < 4.78 is 11.7. The fourth-order valence-corrected chi connectivity index (χ4v) is 6.49. The first-order valence-corrected chi connectivity index (χ1v) is 18.8. The molecular weight excluding hydrogens is 698 g/mol. The molecular formula is C37H65NO15. The second kappa shape index (κ2) is 27.3. The molecule has 8 atom stereocenters. The number of aliphatic hydroxyl groups is 3. The van der Waals surface area contributed by atoms with Gasteiger partial charge in [-0.15, -0.1) is 0 Å². The molecule has 0 rings (SSSR count). The van der Waals surface area contributed by atoms with Gasteiger partial charge in [0, 0.05) is 51.0 Å². The average Bonchev–Trinajstić information content (AvgIpc) is 3.02. The summed E-state index contributed by atoms with van der Waals surface area (Å²) in [4.78, 5) is 71.9. The summed E-state index contributed by atoms with van der Waals surface area (Å²) in [6.45, 7) is 7.38. The van der Waals surface area contributed by atoms with Gasteiger partial charge in [0.15, 0.2) is 0 Å². The maximum Gasteiger partial charge on any atom is 0.306 e. The number of ether oxygens (including phenoxy) is 2. The minimum Gasteiger partial charge on any atom is -0.481 e. The van der Waals surface area contributed by atoms with Crippen LogP contribution in [0.2, 0.25) is 0 Å². The number of hydrogen-bond acceptors (Lipinski definition) is 12. The first-order valence-electron chi connectivity index (χ1n) is 18.8. The Labute approximate surface area is 312 Å². The number of carboxylic acids is 4. The summed E-state index contributed by atoms with van der Waals surface area (Å²) in [6.07, 6.45) is -2.89. The third-order valence-corrected chi connectivity index (χ3v) is 9.37. The van der Waals surface area contributed by atoms with Crippen LogP contribution in [0.5, 0.6) is 0 Å². The molecule has 0 spiro atoms. The minimum absolute atomic E-state index is 0.0850. The molecule has 0 saturated heterocycles. The smallest absolute Gasteiger partial charge is 0.306 e. The normalized spacial score (nSPS) is 16.2. The fourth-order valence-electron chi connectivity index (χ4n) is 6.49. The first-order chi connectivity index (χ1) is 24.8. The molecule has 9 N–H and O–H groups in total. The maximum absolute atomic E-state index is 13.3. The summed E-state index contributed by atoms with van der Waals surface area (Å²) >= 11 is 0. The van der Waals surface area contributed by atoms with Crippen molar-refractivity contribution in [1.82, 2.24) is 0 Å². The zero-order chi connectivity index (χ0) is 40.7. The lowest BCUT2D eigenvalue weighted by atomic mass is 9.87. The van der Waals surface area contributed by atoms with Gasteiger partial charge in [0.05, 0.1) is 18.3 Å². The Morgan fingerprint density at radius 1 is 0.585 bits per heavy atom. The number of aliphatic hydroxyl groups excluding tert-OH is 3. The molecule has 0 aliphatic heterocycles. The highest BCUT2D eigenvalue weighted by atomic mass is 16.6. The zero-order valence-electron chi connectivity index (χ0n) is 31.8. The molecule has 0 aromatic heterocycles. The number of nitrogens with two attached hydrogens (primary N) is 1. The number of carbonyl (C=O) groups excluding carboxylic acids is 2. The lowest BCUT2D eigenvalue weighted by Crippen LogP contribution is -2.41. The van der Waals surface area contributed by atoms with Crippen molar-refractivity contribution in [1.29, 1.82) is 0 Å². The molecule has 0 radical (unpaired) electrons. The number of hydrogen-bond donors (Lipinski definition) is 8. The minimum atomic E-state index is -1.30. The quantitative estimate of drug-likeness (QED) is 0.0358. The number of unbranched alkanes of at least 4 members (excludes halogenated alkanes) is 2. The van der Waals surface area contributed by atoms with Gasteiger partial charge < -0.3 is 51.0 Å². The van der Waals surface area contributed by atoms with Crippen LogP contribution in [0.1, 0.15) is 137 Å². The van der Waals surface area contributed by atoms with Crippen molar-refractivity contribution in [3.63, 3.8) is 0 Å². The number of rotatable bonds is 32. The van der Waals surface area contributed by atoms with Crippen molar-refractivity contribution in [2.75, 3.05) is 0 Å². The molecule has 0 fully saturated rings. The Balaban J connectivity index is 6.04.